The minimum atomic E-state index is -0.491. The van der Waals surface area contributed by atoms with E-state index >= 15 is 0 Å². The lowest BCUT2D eigenvalue weighted by atomic mass is 9.99. The zero-order valence-electron chi connectivity index (χ0n) is 10.2. The molecule has 0 fully saturated rings. The van der Waals surface area contributed by atoms with Crippen LogP contribution in [0.25, 0.3) is 0 Å². The van der Waals surface area contributed by atoms with Crippen molar-refractivity contribution in [1.29, 1.82) is 0 Å². The first-order valence-corrected chi connectivity index (χ1v) is 6.64. The van der Waals surface area contributed by atoms with Gasteiger partial charge < -0.3 is 11.1 Å². The zero-order chi connectivity index (χ0) is 13.0. The van der Waals surface area contributed by atoms with Crippen LogP contribution in [-0.2, 0) is 4.79 Å². The number of benzene rings is 1. The molecule has 0 heterocycles. The lowest BCUT2D eigenvalue weighted by Crippen LogP contribution is -2.40. The lowest BCUT2D eigenvalue weighted by Gasteiger charge is -2.17. The van der Waals surface area contributed by atoms with E-state index in [1.807, 2.05) is 13.8 Å². The van der Waals surface area contributed by atoms with E-state index in [1.165, 1.54) is 0 Å². The second-order valence-electron chi connectivity index (χ2n) is 4.03. The summed E-state index contributed by atoms with van der Waals surface area (Å²) in [6.45, 7) is 3.97. The van der Waals surface area contributed by atoms with Gasteiger partial charge in [-0.3, -0.25) is 4.79 Å². The molecule has 0 aliphatic rings. The first kappa shape index (κ1) is 17.7. The molecule has 0 bridgehead atoms. The summed E-state index contributed by atoms with van der Waals surface area (Å²) in [5.41, 5.74) is 6.52. The number of amides is 1. The van der Waals surface area contributed by atoms with Crippen molar-refractivity contribution in [2.24, 2.45) is 11.7 Å². The Bertz CT molecular complexity index is 415. The van der Waals surface area contributed by atoms with Crippen LogP contribution >= 0.6 is 39.9 Å². The summed E-state index contributed by atoms with van der Waals surface area (Å²) in [4.78, 5) is 11.8. The predicted octanol–water partition coefficient (Wildman–Crippen LogP) is 3.84. The van der Waals surface area contributed by atoms with E-state index in [0.717, 1.165) is 10.9 Å². The second-order valence-corrected chi connectivity index (χ2v) is 5.29. The first-order valence-electron chi connectivity index (χ1n) is 5.47. The molecule has 0 radical (unpaired) electrons. The molecule has 3 nitrogen and oxygen atoms in total. The van der Waals surface area contributed by atoms with Crippen LogP contribution in [0.4, 0.5) is 5.69 Å². The Balaban J connectivity index is 0.00000289. The number of rotatable bonds is 4. The fraction of sp³-hybridized carbons (Fsp3) is 0.417. The Morgan fingerprint density at radius 3 is 2.67 bits per heavy atom. The van der Waals surface area contributed by atoms with Crippen LogP contribution in [0.15, 0.2) is 22.7 Å². The van der Waals surface area contributed by atoms with Crippen LogP contribution in [-0.4, -0.2) is 11.9 Å². The van der Waals surface area contributed by atoms with Crippen molar-refractivity contribution in [3.8, 4) is 0 Å². The lowest BCUT2D eigenvalue weighted by molar-refractivity contribution is -0.118. The third-order valence-electron chi connectivity index (χ3n) is 2.75. The maximum absolute atomic E-state index is 11.8. The van der Waals surface area contributed by atoms with Gasteiger partial charge in [0.05, 0.1) is 11.1 Å². The molecule has 3 N–H and O–H groups in total. The van der Waals surface area contributed by atoms with Crippen LogP contribution in [0.1, 0.15) is 20.3 Å². The molecule has 0 saturated carbocycles. The molecule has 2 atom stereocenters. The largest absolute Gasteiger partial charge is 0.325 e. The zero-order valence-corrected chi connectivity index (χ0v) is 13.4. The SMILES string of the molecule is CCC(C)C(N)C(=O)Nc1ccc(Cl)c(Br)c1.Cl. The number of nitrogens with two attached hydrogens (primary N) is 1. The van der Waals surface area contributed by atoms with Crippen LogP contribution < -0.4 is 11.1 Å². The number of carbonyl (C=O) groups is 1. The van der Waals surface area contributed by atoms with E-state index < -0.39 is 6.04 Å². The van der Waals surface area contributed by atoms with E-state index in [2.05, 4.69) is 21.2 Å². The molecule has 6 heteroatoms. The minimum absolute atomic E-state index is 0. The van der Waals surface area contributed by atoms with Gasteiger partial charge >= 0.3 is 0 Å². The summed E-state index contributed by atoms with van der Waals surface area (Å²) in [7, 11) is 0. The highest BCUT2D eigenvalue weighted by Crippen LogP contribution is 2.25. The smallest absolute Gasteiger partial charge is 0.241 e. The fourth-order valence-corrected chi connectivity index (χ4v) is 1.81. The average Bonchev–Trinajstić information content (AvgIpc) is 2.31. The summed E-state index contributed by atoms with van der Waals surface area (Å²) in [5.74, 6) is -0.0145. The van der Waals surface area contributed by atoms with Gasteiger partial charge in [0.2, 0.25) is 5.91 Å². The van der Waals surface area contributed by atoms with Crippen LogP contribution in [0, 0.1) is 5.92 Å². The molecule has 0 aromatic heterocycles. The quantitative estimate of drug-likeness (QED) is 0.862. The Morgan fingerprint density at radius 1 is 1.56 bits per heavy atom. The maximum Gasteiger partial charge on any atom is 0.241 e. The molecule has 0 aliphatic heterocycles. The molecular weight excluding hydrogens is 339 g/mol. The molecule has 0 spiro atoms. The third-order valence-corrected chi connectivity index (χ3v) is 3.96. The van der Waals surface area contributed by atoms with E-state index in [-0.39, 0.29) is 24.2 Å². The van der Waals surface area contributed by atoms with Crippen LogP contribution in [0.2, 0.25) is 5.02 Å². The van der Waals surface area contributed by atoms with Crippen molar-refractivity contribution in [3.63, 3.8) is 0 Å². The van der Waals surface area contributed by atoms with Crippen molar-refractivity contribution < 1.29 is 4.79 Å². The minimum Gasteiger partial charge on any atom is -0.325 e. The Kier molecular flexibility index (Phi) is 7.87. The van der Waals surface area contributed by atoms with Crippen molar-refractivity contribution in [3.05, 3.63) is 27.7 Å². The highest BCUT2D eigenvalue weighted by atomic mass is 79.9. The number of carbonyl (C=O) groups excluding carboxylic acids is 1. The molecule has 0 saturated heterocycles. The van der Waals surface area contributed by atoms with Gasteiger partial charge in [0, 0.05) is 10.2 Å². The summed E-state index contributed by atoms with van der Waals surface area (Å²) in [5, 5.41) is 3.38. The predicted molar refractivity (Wildman–Crippen MR) is 82.5 cm³/mol. The molecular formula is C12H17BrCl2N2O. The van der Waals surface area contributed by atoms with E-state index in [0.29, 0.717) is 10.7 Å². The third kappa shape index (κ3) is 4.76. The Morgan fingerprint density at radius 2 is 2.17 bits per heavy atom. The Hall–Kier alpha value is -0.290. The molecule has 0 aliphatic carbocycles. The molecule has 18 heavy (non-hydrogen) atoms. The number of hydrogen-bond donors (Lipinski definition) is 2. The summed E-state index contributed by atoms with van der Waals surface area (Å²) in [6.07, 6.45) is 0.874. The van der Waals surface area contributed by atoms with Gasteiger partial charge in [0.1, 0.15) is 0 Å². The van der Waals surface area contributed by atoms with E-state index in [4.69, 9.17) is 17.3 Å². The van der Waals surface area contributed by atoms with Gasteiger partial charge in [-0.1, -0.05) is 31.9 Å². The van der Waals surface area contributed by atoms with Crippen molar-refractivity contribution >= 4 is 51.5 Å². The van der Waals surface area contributed by atoms with Gasteiger partial charge in [0.15, 0.2) is 0 Å². The molecule has 1 aromatic rings. The van der Waals surface area contributed by atoms with E-state index in [9.17, 15) is 4.79 Å². The summed E-state index contributed by atoms with van der Waals surface area (Å²) >= 11 is 9.17. The monoisotopic (exact) mass is 354 g/mol. The van der Waals surface area contributed by atoms with Crippen molar-refractivity contribution in [1.82, 2.24) is 0 Å². The molecule has 102 valence electrons. The van der Waals surface area contributed by atoms with Gasteiger partial charge in [0.25, 0.3) is 0 Å². The van der Waals surface area contributed by atoms with Crippen LogP contribution in [0.5, 0.6) is 0 Å². The first-order chi connectivity index (χ1) is 7.95. The van der Waals surface area contributed by atoms with Gasteiger partial charge in [-0.05, 0) is 40.0 Å². The van der Waals surface area contributed by atoms with Gasteiger partial charge in [-0.15, -0.1) is 12.4 Å². The van der Waals surface area contributed by atoms with Crippen molar-refractivity contribution in [2.45, 2.75) is 26.3 Å². The number of anilines is 1. The fourth-order valence-electron chi connectivity index (χ4n) is 1.31. The number of nitrogens with one attached hydrogen (secondary N) is 1. The van der Waals surface area contributed by atoms with Crippen LogP contribution in [0.3, 0.4) is 0 Å². The van der Waals surface area contributed by atoms with Gasteiger partial charge in [-0.2, -0.15) is 0 Å². The summed E-state index contributed by atoms with van der Waals surface area (Å²) < 4.78 is 0.745. The van der Waals surface area contributed by atoms with Gasteiger partial charge in [-0.25, -0.2) is 0 Å². The number of hydrogen-bond acceptors (Lipinski definition) is 2. The van der Waals surface area contributed by atoms with Crippen molar-refractivity contribution in [2.75, 3.05) is 5.32 Å². The molecule has 1 aromatic carbocycles. The Labute approximate surface area is 127 Å². The average molecular weight is 356 g/mol. The second kappa shape index (κ2) is 8.00. The summed E-state index contributed by atoms with van der Waals surface area (Å²) in [6, 6.07) is 4.72. The van der Waals surface area contributed by atoms with E-state index in [1.54, 1.807) is 18.2 Å². The number of halogens is 3. The standard InChI is InChI=1S/C12H16BrClN2O.ClH/c1-3-7(2)11(15)12(17)16-8-4-5-10(14)9(13)6-8;/h4-7,11H,3,15H2,1-2H3,(H,16,17);1H. The maximum atomic E-state index is 11.8. The molecule has 1 amide bonds. The highest BCUT2D eigenvalue weighted by Gasteiger charge is 2.19. The highest BCUT2D eigenvalue weighted by molar-refractivity contribution is 9.10. The molecule has 2 unspecified atom stereocenters. The topological polar surface area (TPSA) is 55.1 Å². The molecule has 1 rings (SSSR count). The normalized spacial score (nSPS) is 13.4.